The second-order valence-corrected chi connectivity index (χ2v) is 13.7. The van der Waals surface area contributed by atoms with Crippen molar-refractivity contribution in [3.8, 4) is 11.5 Å². The summed E-state index contributed by atoms with van der Waals surface area (Å²) in [5, 5.41) is 2.71. The second-order valence-electron chi connectivity index (χ2n) is 10.3. The number of benzene rings is 2. The first kappa shape index (κ1) is 28.8. The highest BCUT2D eigenvalue weighted by atomic mass is 32.2. The molecule has 0 radical (unpaired) electrons. The summed E-state index contributed by atoms with van der Waals surface area (Å²) < 4.78 is 41.3. The number of amides is 2. The van der Waals surface area contributed by atoms with Crippen molar-refractivity contribution in [1.82, 2.24) is 5.32 Å². The van der Waals surface area contributed by atoms with Crippen LogP contribution in [-0.4, -0.2) is 74.2 Å². The van der Waals surface area contributed by atoms with E-state index < -0.39 is 39.5 Å². The molecule has 2 aliphatic heterocycles. The van der Waals surface area contributed by atoms with Gasteiger partial charge in [-0.3, -0.25) is 4.79 Å². The smallest absolute Gasteiger partial charge is 0.408 e. The van der Waals surface area contributed by atoms with E-state index >= 15 is 0 Å². The van der Waals surface area contributed by atoms with Gasteiger partial charge in [-0.25, -0.2) is 13.2 Å². The number of carbonyl (C=O) groups excluding carboxylic acids is 2. The number of amidine groups is 1. The first-order chi connectivity index (χ1) is 18.4. The average Bonchev–Trinajstić information content (AvgIpc) is 3.33. The first-order valence-corrected chi connectivity index (χ1v) is 15.1. The lowest BCUT2D eigenvalue weighted by molar-refractivity contribution is -0.119. The van der Waals surface area contributed by atoms with E-state index in [1.807, 2.05) is 30.3 Å². The molecule has 12 heteroatoms. The number of sulfone groups is 1. The van der Waals surface area contributed by atoms with E-state index in [1.165, 1.54) is 26.0 Å². The standard InChI is InChI=1S/C27H33N3O7S2/c1-27(2,3)37-26(32)28-19(13-17-9-7-6-8-10-17)24(31)29-25-30(21-15-39(33,34)16-23(21)38-25)20-12-11-18(35-4)14-22(20)36-5/h6-12,14,19,21,23H,13,15-16H2,1-5H3,(H,28,32)/t19-,21+,23-/m0/s1. The topological polar surface area (TPSA) is 124 Å². The first-order valence-electron chi connectivity index (χ1n) is 12.4. The minimum Gasteiger partial charge on any atom is -0.497 e. The number of aliphatic imine (C=N–C) groups is 1. The number of thioether (sulfide) groups is 1. The third-order valence-electron chi connectivity index (χ3n) is 6.19. The molecule has 0 unspecified atom stereocenters. The fourth-order valence-electron chi connectivity index (χ4n) is 4.50. The summed E-state index contributed by atoms with van der Waals surface area (Å²) >= 11 is 1.24. The van der Waals surface area contributed by atoms with Crippen LogP contribution in [0.3, 0.4) is 0 Å². The molecule has 39 heavy (non-hydrogen) atoms. The number of ether oxygens (including phenoxy) is 3. The summed E-state index contributed by atoms with van der Waals surface area (Å²) in [6.07, 6.45) is -0.527. The molecule has 0 aliphatic carbocycles. The van der Waals surface area contributed by atoms with Crippen LogP contribution >= 0.6 is 11.8 Å². The predicted octanol–water partition coefficient (Wildman–Crippen LogP) is 3.44. The largest absolute Gasteiger partial charge is 0.497 e. The minimum absolute atomic E-state index is 0.0197. The Labute approximate surface area is 233 Å². The normalized spacial score (nSPS) is 21.8. The van der Waals surface area contributed by atoms with Gasteiger partial charge in [0.15, 0.2) is 15.0 Å². The van der Waals surface area contributed by atoms with Gasteiger partial charge >= 0.3 is 6.09 Å². The van der Waals surface area contributed by atoms with Crippen molar-refractivity contribution in [3.63, 3.8) is 0 Å². The van der Waals surface area contributed by atoms with E-state index in [2.05, 4.69) is 10.3 Å². The Balaban J connectivity index is 1.70. The van der Waals surface area contributed by atoms with Gasteiger partial charge in [0, 0.05) is 17.7 Å². The molecule has 4 rings (SSSR count). The Hall–Kier alpha value is -3.25. The number of nitrogens with zero attached hydrogens (tertiary/aromatic N) is 2. The van der Waals surface area contributed by atoms with Gasteiger partial charge in [-0.05, 0) is 38.5 Å². The van der Waals surface area contributed by atoms with Crippen LogP contribution in [0.25, 0.3) is 0 Å². The van der Waals surface area contributed by atoms with Crippen molar-refractivity contribution in [2.45, 2.75) is 50.1 Å². The van der Waals surface area contributed by atoms with Crippen molar-refractivity contribution in [1.29, 1.82) is 0 Å². The molecule has 2 fully saturated rings. The molecule has 2 saturated heterocycles. The lowest BCUT2D eigenvalue weighted by Gasteiger charge is -2.27. The maximum Gasteiger partial charge on any atom is 0.408 e. The Morgan fingerprint density at radius 3 is 2.46 bits per heavy atom. The van der Waals surface area contributed by atoms with Crippen molar-refractivity contribution in [2.75, 3.05) is 30.6 Å². The number of methoxy groups -OCH3 is 2. The number of carbonyl (C=O) groups is 2. The van der Waals surface area contributed by atoms with E-state index in [-0.39, 0.29) is 23.2 Å². The van der Waals surface area contributed by atoms with Crippen molar-refractivity contribution >= 4 is 44.5 Å². The second kappa shape index (κ2) is 11.5. The van der Waals surface area contributed by atoms with Crippen LogP contribution in [0.4, 0.5) is 10.5 Å². The van der Waals surface area contributed by atoms with Gasteiger partial charge in [0.25, 0.3) is 5.91 Å². The Kier molecular flexibility index (Phi) is 8.45. The average molecular weight is 576 g/mol. The number of anilines is 1. The van der Waals surface area contributed by atoms with Crippen molar-refractivity contribution < 1.29 is 32.2 Å². The maximum absolute atomic E-state index is 13.6. The lowest BCUT2D eigenvalue weighted by atomic mass is 10.1. The molecule has 3 atom stereocenters. The van der Waals surface area contributed by atoms with Gasteiger partial charge in [0.1, 0.15) is 23.1 Å². The van der Waals surface area contributed by atoms with Crippen LogP contribution in [0.1, 0.15) is 26.3 Å². The number of rotatable bonds is 7. The van der Waals surface area contributed by atoms with Gasteiger partial charge in [0.05, 0.1) is 37.5 Å². The summed E-state index contributed by atoms with van der Waals surface area (Å²) in [5.41, 5.74) is 0.659. The highest BCUT2D eigenvalue weighted by Crippen LogP contribution is 2.44. The molecule has 0 spiro atoms. The zero-order chi connectivity index (χ0) is 28.4. The molecule has 2 aromatic carbocycles. The van der Waals surface area contributed by atoms with Gasteiger partial charge < -0.3 is 24.4 Å². The molecule has 2 amide bonds. The molecule has 2 aliphatic rings. The van der Waals surface area contributed by atoms with Crippen LogP contribution in [0.5, 0.6) is 11.5 Å². The number of hydrogen-bond donors (Lipinski definition) is 1. The zero-order valence-corrected chi connectivity index (χ0v) is 24.2. The molecule has 2 heterocycles. The molecular weight excluding hydrogens is 542 g/mol. The van der Waals surface area contributed by atoms with Crippen LogP contribution < -0.4 is 19.7 Å². The Bertz CT molecular complexity index is 1360. The van der Waals surface area contributed by atoms with E-state index in [0.717, 1.165) is 5.56 Å². The number of hydrogen-bond acceptors (Lipinski definition) is 8. The summed E-state index contributed by atoms with van der Waals surface area (Å²) in [6.45, 7) is 5.22. The molecule has 10 nitrogen and oxygen atoms in total. The molecule has 0 bridgehead atoms. The van der Waals surface area contributed by atoms with Crippen LogP contribution in [-0.2, 0) is 25.8 Å². The number of alkyl carbamates (subject to hydrolysis) is 1. The molecule has 2 aromatic rings. The van der Waals surface area contributed by atoms with Crippen LogP contribution in [0, 0.1) is 0 Å². The molecule has 1 N–H and O–H groups in total. The summed E-state index contributed by atoms with van der Waals surface area (Å²) in [4.78, 5) is 32.4. The lowest BCUT2D eigenvalue weighted by Crippen LogP contribution is -2.45. The maximum atomic E-state index is 13.6. The van der Waals surface area contributed by atoms with E-state index in [1.54, 1.807) is 43.9 Å². The van der Waals surface area contributed by atoms with Gasteiger partial charge in [-0.1, -0.05) is 42.1 Å². The van der Waals surface area contributed by atoms with Crippen molar-refractivity contribution in [3.05, 3.63) is 54.1 Å². The quantitative estimate of drug-likeness (QED) is 0.529. The SMILES string of the molecule is COc1ccc(N2C(=NC(=O)[C@H](Cc3ccccc3)NC(=O)OC(C)(C)C)S[C@H]3CS(=O)(=O)C[C@H]32)c(OC)c1. The summed E-state index contributed by atoms with van der Waals surface area (Å²) in [5.74, 6) is 0.350. The number of fused-ring (bicyclic) bond motifs is 1. The Morgan fingerprint density at radius 2 is 1.82 bits per heavy atom. The van der Waals surface area contributed by atoms with Gasteiger partial charge in [-0.15, -0.1) is 0 Å². The fraction of sp³-hybridized carbons (Fsp3) is 0.444. The number of nitrogens with one attached hydrogen (secondary N) is 1. The molecule has 0 saturated carbocycles. The van der Waals surface area contributed by atoms with Gasteiger partial charge in [0.2, 0.25) is 0 Å². The molecule has 0 aromatic heterocycles. The minimum atomic E-state index is -3.26. The molecule has 210 valence electrons. The van der Waals surface area contributed by atoms with E-state index in [0.29, 0.717) is 22.4 Å². The van der Waals surface area contributed by atoms with Gasteiger partial charge in [-0.2, -0.15) is 4.99 Å². The van der Waals surface area contributed by atoms with Crippen LogP contribution in [0.15, 0.2) is 53.5 Å². The summed E-state index contributed by atoms with van der Waals surface area (Å²) in [6, 6.07) is 13.0. The monoisotopic (exact) mass is 575 g/mol. The van der Waals surface area contributed by atoms with E-state index in [4.69, 9.17) is 14.2 Å². The Morgan fingerprint density at radius 1 is 1.10 bits per heavy atom. The van der Waals surface area contributed by atoms with Crippen molar-refractivity contribution in [2.24, 2.45) is 4.99 Å². The highest BCUT2D eigenvalue weighted by molar-refractivity contribution is 8.16. The van der Waals surface area contributed by atoms with Crippen LogP contribution in [0.2, 0.25) is 0 Å². The predicted molar refractivity (Wildman–Crippen MR) is 152 cm³/mol. The zero-order valence-electron chi connectivity index (χ0n) is 22.5. The third kappa shape index (κ3) is 7.04. The third-order valence-corrected chi connectivity index (χ3v) is 9.40. The molecular formula is C27H33N3O7S2. The van der Waals surface area contributed by atoms with E-state index in [9.17, 15) is 18.0 Å². The highest BCUT2D eigenvalue weighted by Gasteiger charge is 2.50. The summed E-state index contributed by atoms with van der Waals surface area (Å²) in [7, 11) is -0.218. The fourth-order valence-corrected chi connectivity index (χ4v) is 8.41.